The molecule has 2 aromatic rings. The normalized spacial score (nSPS) is 19.5. The van der Waals surface area contributed by atoms with Gasteiger partial charge in [-0.25, -0.2) is 12.8 Å². The van der Waals surface area contributed by atoms with E-state index in [0.29, 0.717) is 17.1 Å². The number of rotatable bonds is 3. The van der Waals surface area contributed by atoms with Gasteiger partial charge in [0.05, 0.1) is 5.60 Å². The van der Waals surface area contributed by atoms with Crippen LogP contribution in [0.15, 0.2) is 47.4 Å². The van der Waals surface area contributed by atoms with Crippen molar-refractivity contribution in [1.82, 2.24) is 4.31 Å². The van der Waals surface area contributed by atoms with Gasteiger partial charge >= 0.3 is 0 Å². The summed E-state index contributed by atoms with van der Waals surface area (Å²) >= 11 is 0. The summed E-state index contributed by atoms with van der Waals surface area (Å²) in [6, 6.07) is 10.5. The number of piperidine rings is 1. The van der Waals surface area contributed by atoms with Crippen molar-refractivity contribution in [2.45, 2.75) is 23.3 Å². The summed E-state index contributed by atoms with van der Waals surface area (Å²) in [6.45, 7) is 0.342. The molecule has 2 aromatic carbocycles. The number of nitrogens with zero attached hydrogens (tertiary/aromatic N) is 1. The average molecular weight is 379 g/mol. The molecule has 0 bridgehead atoms. The highest BCUT2D eigenvalue weighted by Crippen LogP contribution is 2.40. The van der Waals surface area contributed by atoms with Gasteiger partial charge in [0.15, 0.2) is 11.5 Å². The van der Waals surface area contributed by atoms with Gasteiger partial charge in [-0.05, 0) is 42.7 Å². The number of halogens is 1. The molecule has 26 heavy (non-hydrogen) atoms. The third-order valence-electron chi connectivity index (χ3n) is 4.91. The van der Waals surface area contributed by atoms with Crippen molar-refractivity contribution in [1.29, 1.82) is 0 Å². The van der Waals surface area contributed by atoms with Gasteiger partial charge in [-0.3, -0.25) is 0 Å². The van der Waals surface area contributed by atoms with Crippen LogP contribution in [0.3, 0.4) is 0 Å². The summed E-state index contributed by atoms with van der Waals surface area (Å²) < 4.78 is 51.1. The Morgan fingerprint density at radius 3 is 2.46 bits per heavy atom. The van der Waals surface area contributed by atoms with Crippen molar-refractivity contribution in [3.8, 4) is 11.5 Å². The maximum Gasteiger partial charge on any atom is 0.245 e. The predicted octanol–water partition coefficient (Wildman–Crippen LogP) is 2.23. The lowest BCUT2D eigenvalue weighted by Crippen LogP contribution is -2.45. The van der Waals surface area contributed by atoms with Crippen LogP contribution in [0.2, 0.25) is 0 Å². The molecule has 0 aliphatic carbocycles. The summed E-state index contributed by atoms with van der Waals surface area (Å²) in [5.74, 6) is 0.415. The molecule has 1 fully saturated rings. The van der Waals surface area contributed by atoms with Crippen LogP contribution in [-0.2, 0) is 15.6 Å². The van der Waals surface area contributed by atoms with Crippen molar-refractivity contribution < 1.29 is 27.4 Å². The lowest BCUT2D eigenvalue weighted by Gasteiger charge is -2.37. The standard InChI is InChI=1S/C18H18FNO5S/c19-14-3-1-2-4-17(14)26(22,23)20-9-7-18(21,8-10-20)13-5-6-15-16(11-13)25-12-24-15/h1-6,11,21H,7-10,12H2. The van der Waals surface area contributed by atoms with E-state index in [9.17, 15) is 17.9 Å². The van der Waals surface area contributed by atoms with Crippen molar-refractivity contribution in [2.75, 3.05) is 19.9 Å². The first-order chi connectivity index (χ1) is 12.4. The zero-order valence-electron chi connectivity index (χ0n) is 13.9. The second-order valence-corrected chi connectivity index (χ2v) is 8.34. The molecule has 8 heteroatoms. The Bertz CT molecular complexity index is 938. The Morgan fingerprint density at radius 2 is 1.73 bits per heavy atom. The second-order valence-electron chi connectivity index (χ2n) is 6.43. The molecule has 0 amide bonds. The van der Waals surface area contributed by atoms with Crippen LogP contribution in [0.25, 0.3) is 0 Å². The lowest BCUT2D eigenvalue weighted by atomic mass is 9.85. The smallest absolute Gasteiger partial charge is 0.245 e. The van der Waals surface area contributed by atoms with Gasteiger partial charge in [-0.1, -0.05) is 18.2 Å². The van der Waals surface area contributed by atoms with E-state index in [0.717, 1.165) is 6.07 Å². The van der Waals surface area contributed by atoms with E-state index >= 15 is 0 Å². The van der Waals surface area contributed by atoms with E-state index < -0.39 is 21.4 Å². The van der Waals surface area contributed by atoms with E-state index in [1.54, 1.807) is 18.2 Å². The van der Waals surface area contributed by atoms with Gasteiger partial charge in [0.1, 0.15) is 10.7 Å². The first-order valence-corrected chi connectivity index (χ1v) is 9.71. The molecule has 2 aliphatic rings. The maximum absolute atomic E-state index is 13.9. The summed E-state index contributed by atoms with van der Waals surface area (Å²) in [7, 11) is -3.93. The first-order valence-electron chi connectivity index (χ1n) is 8.27. The zero-order chi connectivity index (χ0) is 18.4. The zero-order valence-corrected chi connectivity index (χ0v) is 14.7. The molecule has 6 nitrogen and oxygen atoms in total. The van der Waals surface area contributed by atoms with E-state index in [-0.39, 0.29) is 37.6 Å². The van der Waals surface area contributed by atoms with Crippen LogP contribution < -0.4 is 9.47 Å². The maximum atomic E-state index is 13.9. The molecule has 2 aliphatic heterocycles. The van der Waals surface area contributed by atoms with Crippen LogP contribution in [-0.4, -0.2) is 37.7 Å². The molecular weight excluding hydrogens is 361 g/mol. The molecule has 0 atom stereocenters. The number of hydrogen-bond acceptors (Lipinski definition) is 5. The molecule has 1 saturated heterocycles. The van der Waals surface area contributed by atoms with E-state index in [1.807, 2.05) is 0 Å². The van der Waals surface area contributed by atoms with Crippen LogP contribution in [0.5, 0.6) is 11.5 Å². The minimum Gasteiger partial charge on any atom is -0.454 e. The summed E-state index contributed by atoms with van der Waals surface area (Å²) in [5.41, 5.74) is -0.507. The molecule has 1 N–H and O–H groups in total. The van der Waals surface area contributed by atoms with Gasteiger partial charge in [-0.2, -0.15) is 4.31 Å². The number of ether oxygens (including phenoxy) is 2. The summed E-state index contributed by atoms with van der Waals surface area (Å²) in [4.78, 5) is -0.339. The van der Waals surface area contributed by atoms with Gasteiger partial charge in [-0.15, -0.1) is 0 Å². The molecule has 0 aromatic heterocycles. The molecular formula is C18H18FNO5S. The molecule has 0 spiro atoms. The van der Waals surface area contributed by atoms with Crippen LogP contribution in [0, 0.1) is 5.82 Å². The lowest BCUT2D eigenvalue weighted by molar-refractivity contribution is -0.00977. The third-order valence-corrected chi connectivity index (χ3v) is 6.85. The minimum atomic E-state index is -3.93. The number of hydrogen-bond donors (Lipinski definition) is 1. The third kappa shape index (κ3) is 2.84. The highest BCUT2D eigenvalue weighted by atomic mass is 32.2. The topological polar surface area (TPSA) is 76.1 Å². The van der Waals surface area contributed by atoms with E-state index in [1.165, 1.54) is 22.5 Å². The molecule has 0 saturated carbocycles. The molecule has 138 valence electrons. The molecule has 0 unspecified atom stereocenters. The average Bonchev–Trinajstić information content (AvgIpc) is 3.10. The van der Waals surface area contributed by atoms with E-state index in [2.05, 4.69) is 0 Å². The van der Waals surface area contributed by atoms with Crippen LogP contribution in [0.1, 0.15) is 18.4 Å². The monoisotopic (exact) mass is 379 g/mol. The Kier molecular flexibility index (Phi) is 4.13. The minimum absolute atomic E-state index is 0.0988. The van der Waals surface area contributed by atoms with Gasteiger partial charge in [0.2, 0.25) is 16.8 Å². The first kappa shape index (κ1) is 17.3. The number of aliphatic hydroxyl groups is 1. The van der Waals surface area contributed by atoms with Gasteiger partial charge in [0, 0.05) is 13.1 Å². The summed E-state index contributed by atoms with van der Waals surface area (Å²) in [6.07, 6.45) is 0.417. The number of fused-ring (bicyclic) bond motifs is 1. The Morgan fingerprint density at radius 1 is 1.04 bits per heavy atom. The second kappa shape index (κ2) is 6.22. The van der Waals surface area contributed by atoms with Gasteiger partial charge < -0.3 is 14.6 Å². The Hall–Kier alpha value is -2.16. The van der Waals surface area contributed by atoms with Crippen molar-refractivity contribution in [2.24, 2.45) is 0 Å². The molecule has 0 radical (unpaired) electrons. The fourth-order valence-electron chi connectivity index (χ4n) is 3.36. The predicted molar refractivity (Wildman–Crippen MR) is 90.9 cm³/mol. The largest absolute Gasteiger partial charge is 0.454 e. The fraction of sp³-hybridized carbons (Fsp3) is 0.333. The van der Waals surface area contributed by atoms with Gasteiger partial charge in [0.25, 0.3) is 0 Å². The quantitative estimate of drug-likeness (QED) is 0.885. The number of sulfonamides is 1. The van der Waals surface area contributed by atoms with Crippen LogP contribution >= 0.6 is 0 Å². The molecule has 2 heterocycles. The molecule has 4 rings (SSSR count). The summed E-state index contributed by atoms with van der Waals surface area (Å²) in [5, 5.41) is 11.0. The number of benzene rings is 2. The van der Waals surface area contributed by atoms with Crippen molar-refractivity contribution in [3.05, 3.63) is 53.8 Å². The fourth-order valence-corrected chi connectivity index (χ4v) is 4.87. The Balaban J connectivity index is 1.54. The van der Waals surface area contributed by atoms with E-state index in [4.69, 9.17) is 9.47 Å². The SMILES string of the molecule is O=S(=O)(c1ccccc1F)N1CCC(O)(c2ccc3c(c2)OCO3)CC1. The van der Waals surface area contributed by atoms with Crippen molar-refractivity contribution in [3.63, 3.8) is 0 Å². The van der Waals surface area contributed by atoms with Crippen LogP contribution in [0.4, 0.5) is 4.39 Å². The highest BCUT2D eigenvalue weighted by molar-refractivity contribution is 7.89. The highest BCUT2D eigenvalue weighted by Gasteiger charge is 2.39. The Labute approximate surface area is 150 Å². The van der Waals surface area contributed by atoms with Crippen molar-refractivity contribution >= 4 is 10.0 Å².